The number of alkyl halides is 4. The van der Waals surface area contributed by atoms with Crippen LogP contribution in [0.25, 0.3) is 0 Å². The van der Waals surface area contributed by atoms with Crippen molar-refractivity contribution >= 4 is 0 Å². The average molecular weight is 523 g/mol. The minimum Gasteiger partial charge on any atom is -0.429 e. The summed E-state index contributed by atoms with van der Waals surface area (Å²) in [6, 6.07) is 1.17. The Bertz CT molecular complexity index is 859. The summed E-state index contributed by atoms with van der Waals surface area (Å²) in [5, 5.41) is 0. The molecule has 0 spiro atoms. The van der Waals surface area contributed by atoms with Gasteiger partial charge in [-0.15, -0.1) is 0 Å². The number of rotatable bonds is 11. The number of hydrogen-bond acceptors (Lipinski definition) is 3. The SMILES string of the molecule is CCC=CCC1CCC(OC(F)(F)c2ccc(OC(F)(F)C3CCC(OCC)CC3)c(F)c2F)CC1. The fraction of sp³-hybridized carbons (Fsp3) is 0.704. The van der Waals surface area contributed by atoms with E-state index in [9.17, 15) is 26.3 Å². The van der Waals surface area contributed by atoms with Crippen LogP contribution in [-0.4, -0.2) is 24.9 Å². The standard InChI is InChI=1S/C27H36F6O3/c1-3-5-6-7-18-8-12-21(13-9-18)35-27(32,33)22-16-17-23(25(29)24(22)28)36-26(30,31)19-10-14-20(15-11-19)34-4-2/h5-6,16-21H,3-4,7-15H2,1-2H3. The van der Waals surface area contributed by atoms with Gasteiger partial charge < -0.3 is 14.2 Å². The van der Waals surface area contributed by atoms with Crippen LogP contribution < -0.4 is 4.74 Å². The highest BCUT2D eigenvalue weighted by Crippen LogP contribution is 2.42. The lowest BCUT2D eigenvalue weighted by atomic mass is 9.85. The van der Waals surface area contributed by atoms with Crippen molar-refractivity contribution in [3.63, 3.8) is 0 Å². The van der Waals surface area contributed by atoms with Crippen molar-refractivity contribution in [1.29, 1.82) is 0 Å². The summed E-state index contributed by atoms with van der Waals surface area (Å²) < 4.78 is 103. The summed E-state index contributed by atoms with van der Waals surface area (Å²) in [6.07, 6.45) is 0.245. The Kier molecular flexibility index (Phi) is 10.1. The van der Waals surface area contributed by atoms with Crippen LogP contribution >= 0.6 is 0 Å². The quantitative estimate of drug-likeness (QED) is 0.215. The van der Waals surface area contributed by atoms with E-state index in [1.54, 1.807) is 0 Å². The smallest absolute Gasteiger partial charge is 0.400 e. The van der Waals surface area contributed by atoms with Gasteiger partial charge in [0, 0.05) is 6.61 Å². The molecule has 2 aliphatic carbocycles. The number of ether oxygens (including phenoxy) is 3. The summed E-state index contributed by atoms with van der Waals surface area (Å²) >= 11 is 0. The Balaban J connectivity index is 1.61. The van der Waals surface area contributed by atoms with Gasteiger partial charge in [-0.3, -0.25) is 0 Å². The van der Waals surface area contributed by atoms with Crippen molar-refractivity contribution in [3.8, 4) is 5.75 Å². The van der Waals surface area contributed by atoms with Crippen molar-refractivity contribution in [1.82, 2.24) is 0 Å². The summed E-state index contributed by atoms with van der Waals surface area (Å²) in [4.78, 5) is 0. The second-order valence-corrected chi connectivity index (χ2v) is 9.72. The average Bonchev–Trinajstić information content (AvgIpc) is 2.83. The molecule has 0 N–H and O–H groups in total. The van der Waals surface area contributed by atoms with Crippen LogP contribution in [0.3, 0.4) is 0 Å². The van der Waals surface area contributed by atoms with Crippen LogP contribution in [0.5, 0.6) is 5.75 Å². The maximum absolute atomic E-state index is 14.7. The molecule has 0 radical (unpaired) electrons. The number of halogens is 6. The van der Waals surface area contributed by atoms with Gasteiger partial charge in [-0.05, 0) is 89.2 Å². The molecular formula is C27H36F6O3. The van der Waals surface area contributed by atoms with E-state index in [1.807, 2.05) is 13.8 Å². The van der Waals surface area contributed by atoms with Crippen molar-refractivity contribution < 1.29 is 40.6 Å². The largest absolute Gasteiger partial charge is 0.429 e. The van der Waals surface area contributed by atoms with Crippen LogP contribution in [0.15, 0.2) is 24.3 Å². The van der Waals surface area contributed by atoms with Gasteiger partial charge in [0.2, 0.25) is 5.82 Å². The summed E-state index contributed by atoms with van der Waals surface area (Å²) in [7, 11) is 0. The van der Waals surface area contributed by atoms with E-state index in [4.69, 9.17) is 9.47 Å². The molecule has 9 heteroatoms. The molecule has 2 fully saturated rings. The molecule has 0 aliphatic heterocycles. The van der Waals surface area contributed by atoms with Gasteiger partial charge in [0.05, 0.1) is 23.7 Å². The molecule has 0 atom stereocenters. The van der Waals surface area contributed by atoms with Crippen LogP contribution in [-0.2, 0) is 15.6 Å². The zero-order valence-corrected chi connectivity index (χ0v) is 20.9. The molecule has 2 saturated carbocycles. The van der Waals surface area contributed by atoms with Crippen LogP contribution in [0.2, 0.25) is 0 Å². The van der Waals surface area contributed by atoms with E-state index in [1.165, 1.54) is 0 Å². The third-order valence-corrected chi connectivity index (χ3v) is 7.14. The molecular weight excluding hydrogens is 486 g/mol. The minimum atomic E-state index is -4.11. The van der Waals surface area contributed by atoms with E-state index < -0.39 is 47.2 Å². The maximum atomic E-state index is 14.7. The first-order valence-electron chi connectivity index (χ1n) is 12.9. The van der Waals surface area contributed by atoms with Gasteiger partial charge in [0.25, 0.3) is 0 Å². The second-order valence-electron chi connectivity index (χ2n) is 9.72. The third-order valence-electron chi connectivity index (χ3n) is 7.14. The minimum absolute atomic E-state index is 0.0862. The fourth-order valence-corrected chi connectivity index (χ4v) is 5.08. The van der Waals surface area contributed by atoms with Gasteiger partial charge in [-0.2, -0.15) is 22.0 Å². The number of benzene rings is 1. The topological polar surface area (TPSA) is 27.7 Å². The van der Waals surface area contributed by atoms with Crippen LogP contribution in [0.4, 0.5) is 26.3 Å². The van der Waals surface area contributed by atoms with Gasteiger partial charge in [-0.1, -0.05) is 19.1 Å². The molecule has 204 valence electrons. The molecule has 0 bridgehead atoms. The van der Waals surface area contributed by atoms with Gasteiger partial charge in [-0.25, -0.2) is 4.39 Å². The molecule has 3 rings (SSSR count). The zero-order chi connectivity index (χ0) is 26.3. The number of hydrogen-bond donors (Lipinski definition) is 0. The lowest BCUT2D eigenvalue weighted by Crippen LogP contribution is -2.38. The molecule has 1 aromatic carbocycles. The van der Waals surface area contributed by atoms with Crippen molar-refractivity contribution in [2.24, 2.45) is 11.8 Å². The van der Waals surface area contributed by atoms with E-state index in [-0.39, 0.29) is 18.9 Å². The molecule has 1 aromatic rings. The molecule has 0 amide bonds. The molecule has 36 heavy (non-hydrogen) atoms. The predicted octanol–water partition coefficient (Wildman–Crippen LogP) is 8.51. The Labute approximate surface area is 209 Å². The Morgan fingerprint density at radius 2 is 1.47 bits per heavy atom. The van der Waals surface area contributed by atoms with Crippen molar-refractivity contribution in [2.75, 3.05) is 6.61 Å². The lowest BCUT2D eigenvalue weighted by Gasteiger charge is -2.33. The highest BCUT2D eigenvalue weighted by Gasteiger charge is 2.46. The van der Waals surface area contributed by atoms with Gasteiger partial charge in [0.1, 0.15) is 0 Å². The van der Waals surface area contributed by atoms with E-state index in [0.717, 1.165) is 12.8 Å². The van der Waals surface area contributed by atoms with Crippen LogP contribution in [0, 0.1) is 23.5 Å². The summed E-state index contributed by atoms with van der Waals surface area (Å²) in [6.45, 7) is 4.33. The highest BCUT2D eigenvalue weighted by molar-refractivity contribution is 5.33. The maximum Gasteiger partial charge on any atom is 0.400 e. The van der Waals surface area contributed by atoms with E-state index >= 15 is 0 Å². The van der Waals surface area contributed by atoms with E-state index in [0.29, 0.717) is 63.2 Å². The Morgan fingerprint density at radius 3 is 2.08 bits per heavy atom. The van der Waals surface area contributed by atoms with Crippen molar-refractivity contribution in [2.45, 2.75) is 102 Å². The normalized spacial score (nSPS) is 25.9. The molecule has 0 unspecified atom stereocenters. The van der Waals surface area contributed by atoms with Gasteiger partial charge >= 0.3 is 12.2 Å². The Hall–Kier alpha value is -1.74. The zero-order valence-electron chi connectivity index (χ0n) is 20.9. The highest BCUT2D eigenvalue weighted by atomic mass is 19.3. The van der Waals surface area contributed by atoms with E-state index in [2.05, 4.69) is 16.9 Å². The Morgan fingerprint density at radius 1 is 0.833 bits per heavy atom. The lowest BCUT2D eigenvalue weighted by molar-refractivity contribution is -0.279. The summed E-state index contributed by atoms with van der Waals surface area (Å²) in [5.74, 6) is -5.78. The monoisotopic (exact) mass is 522 g/mol. The fourth-order valence-electron chi connectivity index (χ4n) is 5.08. The predicted molar refractivity (Wildman–Crippen MR) is 124 cm³/mol. The second kappa shape index (κ2) is 12.7. The number of allylic oxidation sites excluding steroid dienone is 2. The molecule has 0 aromatic heterocycles. The molecule has 0 saturated heterocycles. The summed E-state index contributed by atoms with van der Waals surface area (Å²) in [5.41, 5.74) is -1.33. The molecule has 2 aliphatic rings. The van der Waals surface area contributed by atoms with Crippen molar-refractivity contribution in [3.05, 3.63) is 41.5 Å². The molecule has 0 heterocycles. The first-order chi connectivity index (χ1) is 17.1. The van der Waals surface area contributed by atoms with Gasteiger partial charge in [0.15, 0.2) is 11.6 Å². The molecule has 3 nitrogen and oxygen atoms in total. The first kappa shape index (κ1) is 28.8. The first-order valence-corrected chi connectivity index (χ1v) is 12.9. The van der Waals surface area contributed by atoms with Crippen LogP contribution in [0.1, 0.15) is 83.6 Å². The third kappa shape index (κ3) is 7.40.